The molecule has 0 unspecified atom stereocenters. The van der Waals surface area contributed by atoms with E-state index in [9.17, 15) is 9.59 Å². The summed E-state index contributed by atoms with van der Waals surface area (Å²) >= 11 is 4.88. The fourth-order valence-corrected chi connectivity index (χ4v) is 2.04. The third-order valence-electron chi connectivity index (χ3n) is 3.09. The Morgan fingerprint density at radius 3 is 2.42 bits per heavy atom. The maximum atomic E-state index is 11.8. The van der Waals surface area contributed by atoms with Gasteiger partial charge < -0.3 is 15.5 Å². The molecule has 1 saturated heterocycles. The van der Waals surface area contributed by atoms with Gasteiger partial charge in [-0.05, 0) is 5.56 Å². The Morgan fingerprint density at radius 1 is 1.21 bits per heavy atom. The lowest BCUT2D eigenvalue weighted by molar-refractivity contribution is -0.149. The highest BCUT2D eigenvalue weighted by molar-refractivity contribution is 7.80. The van der Waals surface area contributed by atoms with Crippen LogP contribution < -0.4 is 5.73 Å². The maximum Gasteiger partial charge on any atom is 0.242 e. The maximum absolute atomic E-state index is 11.8. The van der Waals surface area contributed by atoms with Crippen LogP contribution in [0.5, 0.6) is 0 Å². The van der Waals surface area contributed by atoms with Crippen LogP contribution in [0.25, 0.3) is 0 Å². The van der Waals surface area contributed by atoms with Crippen LogP contribution in [-0.4, -0.2) is 46.7 Å². The Morgan fingerprint density at radius 2 is 1.84 bits per heavy atom. The normalized spacial score (nSPS) is 15.8. The molecule has 2 N–H and O–H groups in total. The minimum Gasteiger partial charge on any atom is -0.389 e. The molecule has 1 aliphatic heterocycles. The van der Waals surface area contributed by atoms with Crippen LogP contribution in [-0.2, 0) is 16.1 Å². The molecule has 2 amide bonds. The lowest BCUT2D eigenvalue weighted by atomic mass is 10.1. The van der Waals surface area contributed by atoms with Crippen LogP contribution >= 0.6 is 12.2 Å². The van der Waals surface area contributed by atoms with Crippen LogP contribution in [0.2, 0.25) is 0 Å². The number of piperazine rings is 1. The second kappa shape index (κ2) is 5.36. The Bertz CT molecular complexity index is 527. The highest BCUT2D eigenvalue weighted by Gasteiger charge is 2.27. The first-order valence-electron chi connectivity index (χ1n) is 5.88. The zero-order valence-electron chi connectivity index (χ0n) is 10.6. The van der Waals surface area contributed by atoms with Gasteiger partial charge >= 0.3 is 0 Å². The Hall–Kier alpha value is -1.95. The molecule has 100 valence electrons. The number of carbonyl (C=O) groups excluding carboxylic acids is 2. The number of hydrogen-bond acceptors (Lipinski definition) is 3. The summed E-state index contributed by atoms with van der Waals surface area (Å²) in [4.78, 5) is 26.7. The quantitative estimate of drug-likeness (QED) is 0.797. The van der Waals surface area contributed by atoms with E-state index in [0.717, 1.165) is 11.1 Å². The lowest BCUT2D eigenvalue weighted by Crippen LogP contribution is -2.51. The molecule has 1 aromatic rings. The molecule has 2 rings (SSSR count). The van der Waals surface area contributed by atoms with Crippen molar-refractivity contribution in [3.05, 3.63) is 35.4 Å². The van der Waals surface area contributed by atoms with Gasteiger partial charge in [0.2, 0.25) is 11.8 Å². The minimum absolute atomic E-state index is 0.0412. The first-order valence-corrected chi connectivity index (χ1v) is 6.28. The van der Waals surface area contributed by atoms with E-state index >= 15 is 0 Å². The molecule has 1 aromatic carbocycles. The van der Waals surface area contributed by atoms with Crippen molar-refractivity contribution in [1.82, 2.24) is 9.80 Å². The fourth-order valence-electron chi connectivity index (χ4n) is 1.90. The third-order valence-corrected chi connectivity index (χ3v) is 3.32. The third kappa shape index (κ3) is 3.08. The van der Waals surface area contributed by atoms with Gasteiger partial charge in [0.1, 0.15) is 11.5 Å². The molecule has 0 aromatic heterocycles. The van der Waals surface area contributed by atoms with Gasteiger partial charge in [0, 0.05) is 19.2 Å². The molecule has 0 radical (unpaired) electrons. The molecule has 6 heteroatoms. The lowest BCUT2D eigenvalue weighted by Gasteiger charge is -2.31. The molecule has 0 aliphatic carbocycles. The number of rotatable bonds is 3. The van der Waals surface area contributed by atoms with Gasteiger partial charge in [-0.2, -0.15) is 0 Å². The van der Waals surface area contributed by atoms with E-state index in [2.05, 4.69) is 0 Å². The van der Waals surface area contributed by atoms with Gasteiger partial charge in [0.05, 0.1) is 6.54 Å². The van der Waals surface area contributed by atoms with Crippen LogP contribution in [0.3, 0.4) is 0 Å². The highest BCUT2D eigenvalue weighted by atomic mass is 32.1. The molecule has 0 saturated carbocycles. The second-order valence-electron chi connectivity index (χ2n) is 4.56. The standard InChI is InChI=1S/C13H15N3O2S/c1-15-7-12(18)16(8-11(15)17)6-9-2-4-10(5-3-9)13(14)19/h2-5H,6-8H2,1H3,(H2,14,19). The van der Waals surface area contributed by atoms with Crippen LogP contribution in [0.4, 0.5) is 0 Å². The van der Waals surface area contributed by atoms with E-state index in [1.54, 1.807) is 11.9 Å². The smallest absolute Gasteiger partial charge is 0.242 e. The average molecular weight is 277 g/mol. The van der Waals surface area contributed by atoms with Gasteiger partial charge in [0.25, 0.3) is 0 Å². The number of nitrogens with two attached hydrogens (primary N) is 1. The molecule has 1 aliphatic rings. The molecule has 0 atom stereocenters. The molecular weight excluding hydrogens is 262 g/mol. The number of thiocarbonyl (C=S) groups is 1. The summed E-state index contributed by atoms with van der Waals surface area (Å²) in [5.41, 5.74) is 7.26. The number of nitrogens with zero attached hydrogens (tertiary/aromatic N) is 2. The SMILES string of the molecule is CN1CC(=O)N(Cc2ccc(C(N)=S)cc2)CC1=O. The first kappa shape index (κ1) is 13.5. The molecular formula is C13H15N3O2S. The zero-order chi connectivity index (χ0) is 14.0. The largest absolute Gasteiger partial charge is 0.389 e. The van der Waals surface area contributed by atoms with Crippen LogP contribution in [0.15, 0.2) is 24.3 Å². The van der Waals surface area contributed by atoms with Gasteiger partial charge in [-0.3, -0.25) is 9.59 Å². The Kier molecular flexibility index (Phi) is 3.80. The molecule has 0 spiro atoms. The van der Waals surface area contributed by atoms with E-state index in [1.807, 2.05) is 24.3 Å². The number of hydrogen-bond donors (Lipinski definition) is 1. The predicted octanol–water partition coefficient (Wildman–Crippen LogP) is 0.121. The van der Waals surface area contributed by atoms with E-state index in [1.165, 1.54) is 4.90 Å². The van der Waals surface area contributed by atoms with Crippen molar-refractivity contribution < 1.29 is 9.59 Å². The van der Waals surface area contributed by atoms with Gasteiger partial charge in [-0.25, -0.2) is 0 Å². The molecule has 19 heavy (non-hydrogen) atoms. The van der Waals surface area contributed by atoms with Crippen LogP contribution in [0.1, 0.15) is 11.1 Å². The average Bonchev–Trinajstić information content (AvgIpc) is 2.36. The minimum atomic E-state index is -0.0423. The summed E-state index contributed by atoms with van der Waals surface area (Å²) in [7, 11) is 1.63. The van der Waals surface area contributed by atoms with E-state index in [-0.39, 0.29) is 24.9 Å². The molecule has 5 nitrogen and oxygen atoms in total. The second-order valence-corrected chi connectivity index (χ2v) is 5.00. The summed E-state index contributed by atoms with van der Waals surface area (Å²) in [6.45, 7) is 0.701. The number of likely N-dealkylation sites (N-methyl/N-ethyl adjacent to an activating group) is 1. The van der Waals surface area contributed by atoms with Gasteiger partial charge in [0.15, 0.2) is 0 Å². The predicted molar refractivity (Wildman–Crippen MR) is 75.4 cm³/mol. The van der Waals surface area contributed by atoms with E-state index in [0.29, 0.717) is 11.5 Å². The summed E-state index contributed by atoms with van der Waals surface area (Å²) < 4.78 is 0. The summed E-state index contributed by atoms with van der Waals surface area (Å²) in [5.74, 6) is -0.0834. The van der Waals surface area contributed by atoms with Crippen molar-refractivity contribution >= 4 is 29.0 Å². The van der Waals surface area contributed by atoms with Crippen molar-refractivity contribution in [1.29, 1.82) is 0 Å². The fraction of sp³-hybridized carbons (Fsp3) is 0.308. The van der Waals surface area contributed by atoms with Gasteiger partial charge in [-0.1, -0.05) is 36.5 Å². The summed E-state index contributed by atoms with van der Waals surface area (Å²) in [6, 6.07) is 7.37. The van der Waals surface area contributed by atoms with E-state index in [4.69, 9.17) is 18.0 Å². The topological polar surface area (TPSA) is 66.6 Å². The van der Waals surface area contributed by atoms with Crippen LogP contribution in [0, 0.1) is 0 Å². The zero-order valence-corrected chi connectivity index (χ0v) is 11.4. The molecule has 0 bridgehead atoms. The first-order chi connectivity index (χ1) is 8.97. The highest BCUT2D eigenvalue weighted by Crippen LogP contribution is 2.11. The molecule has 1 fully saturated rings. The van der Waals surface area contributed by atoms with Crippen molar-refractivity contribution in [2.75, 3.05) is 20.1 Å². The summed E-state index contributed by atoms with van der Waals surface area (Å²) in [6.07, 6.45) is 0. The van der Waals surface area contributed by atoms with Crippen molar-refractivity contribution in [2.45, 2.75) is 6.54 Å². The van der Waals surface area contributed by atoms with Crippen molar-refractivity contribution in [2.24, 2.45) is 5.73 Å². The Labute approximate surface area is 117 Å². The molecule has 1 heterocycles. The number of benzene rings is 1. The van der Waals surface area contributed by atoms with Crippen molar-refractivity contribution in [3.8, 4) is 0 Å². The van der Waals surface area contributed by atoms with Gasteiger partial charge in [-0.15, -0.1) is 0 Å². The Balaban J connectivity index is 2.06. The van der Waals surface area contributed by atoms with Crippen molar-refractivity contribution in [3.63, 3.8) is 0 Å². The summed E-state index contributed by atoms with van der Waals surface area (Å²) in [5, 5.41) is 0. The number of amides is 2. The number of carbonyl (C=O) groups is 2. The van der Waals surface area contributed by atoms with E-state index < -0.39 is 0 Å². The monoisotopic (exact) mass is 277 g/mol.